The summed E-state index contributed by atoms with van der Waals surface area (Å²) < 4.78 is 0. The molecule has 1 amide bonds. The summed E-state index contributed by atoms with van der Waals surface area (Å²) in [5.41, 5.74) is 0. The summed E-state index contributed by atoms with van der Waals surface area (Å²) >= 11 is 0. The van der Waals surface area contributed by atoms with Crippen LogP contribution in [0.3, 0.4) is 0 Å². The van der Waals surface area contributed by atoms with Gasteiger partial charge in [0.25, 0.3) is 0 Å². The number of nitrogens with zero attached hydrogens (tertiary/aromatic N) is 1. The Kier molecular flexibility index (Phi) is 6.94. The van der Waals surface area contributed by atoms with Crippen molar-refractivity contribution in [3.05, 3.63) is 0 Å². The van der Waals surface area contributed by atoms with Crippen LogP contribution in [0.5, 0.6) is 0 Å². The van der Waals surface area contributed by atoms with Gasteiger partial charge >= 0.3 is 0 Å². The molecular weight excluding hydrogens is 228 g/mol. The van der Waals surface area contributed by atoms with Gasteiger partial charge in [0.15, 0.2) is 0 Å². The summed E-state index contributed by atoms with van der Waals surface area (Å²) in [6.07, 6.45) is 6.38. The third-order valence-corrected chi connectivity index (χ3v) is 3.45. The smallest absolute Gasteiger partial charge is 0.230 e. The van der Waals surface area contributed by atoms with Crippen molar-refractivity contribution in [2.45, 2.75) is 44.9 Å². The third kappa shape index (κ3) is 5.63. The number of nitrogens with one attached hydrogen (secondary N) is 1. The van der Waals surface area contributed by atoms with E-state index in [1.807, 2.05) is 0 Å². The predicted molar refractivity (Wildman–Crippen MR) is 72.4 cm³/mol. The molecule has 0 spiro atoms. The van der Waals surface area contributed by atoms with Crippen molar-refractivity contribution in [2.24, 2.45) is 5.92 Å². The monoisotopic (exact) mass is 254 g/mol. The molecule has 0 aromatic rings. The maximum Gasteiger partial charge on any atom is 0.230 e. The standard InChI is InChI=1S/C14H26N2O2/c1-16(2)11-7-3-4-9-13(17)12-8-5-6-10-15-14(12)18/h12H,3-11H2,1-2H3,(H,15,18). The number of ketones is 1. The van der Waals surface area contributed by atoms with Crippen molar-refractivity contribution in [1.82, 2.24) is 10.2 Å². The van der Waals surface area contributed by atoms with Gasteiger partial charge in [0, 0.05) is 13.0 Å². The molecule has 0 aromatic carbocycles. The van der Waals surface area contributed by atoms with Crippen molar-refractivity contribution in [3.63, 3.8) is 0 Å². The van der Waals surface area contributed by atoms with E-state index in [0.29, 0.717) is 6.42 Å². The Bertz CT molecular complexity index is 277. The number of rotatable bonds is 7. The zero-order chi connectivity index (χ0) is 13.4. The highest BCUT2D eigenvalue weighted by atomic mass is 16.2. The van der Waals surface area contributed by atoms with E-state index in [2.05, 4.69) is 24.3 Å². The zero-order valence-electron chi connectivity index (χ0n) is 11.7. The fraction of sp³-hybridized carbons (Fsp3) is 0.857. The molecule has 4 heteroatoms. The van der Waals surface area contributed by atoms with E-state index < -0.39 is 0 Å². The Labute approximate surface area is 110 Å². The minimum atomic E-state index is -0.374. The summed E-state index contributed by atoms with van der Waals surface area (Å²) in [5.74, 6) is -0.286. The lowest BCUT2D eigenvalue weighted by molar-refractivity contribution is -0.133. The lowest BCUT2D eigenvalue weighted by atomic mass is 9.94. The first-order valence-corrected chi connectivity index (χ1v) is 7.06. The van der Waals surface area contributed by atoms with E-state index in [4.69, 9.17) is 0 Å². The van der Waals surface area contributed by atoms with Crippen molar-refractivity contribution < 1.29 is 9.59 Å². The first-order valence-electron chi connectivity index (χ1n) is 7.06. The van der Waals surface area contributed by atoms with E-state index in [-0.39, 0.29) is 17.6 Å². The number of hydrogen-bond acceptors (Lipinski definition) is 3. The van der Waals surface area contributed by atoms with Crippen LogP contribution in [0.15, 0.2) is 0 Å². The summed E-state index contributed by atoms with van der Waals surface area (Å²) in [7, 11) is 4.11. The number of unbranched alkanes of at least 4 members (excludes halogenated alkanes) is 2. The molecule has 1 N–H and O–H groups in total. The molecule has 1 rings (SSSR count). The molecule has 1 saturated heterocycles. The van der Waals surface area contributed by atoms with E-state index >= 15 is 0 Å². The highest BCUT2D eigenvalue weighted by Crippen LogP contribution is 2.16. The fourth-order valence-electron chi connectivity index (χ4n) is 2.32. The van der Waals surface area contributed by atoms with E-state index in [0.717, 1.165) is 51.6 Å². The molecule has 0 aromatic heterocycles. The first-order chi connectivity index (χ1) is 8.61. The maximum absolute atomic E-state index is 12.0. The number of amides is 1. The van der Waals surface area contributed by atoms with Crippen molar-refractivity contribution in [3.8, 4) is 0 Å². The number of carbonyl (C=O) groups excluding carboxylic acids is 2. The molecule has 0 saturated carbocycles. The van der Waals surface area contributed by atoms with Gasteiger partial charge < -0.3 is 10.2 Å². The Morgan fingerprint density at radius 3 is 2.78 bits per heavy atom. The van der Waals surface area contributed by atoms with Gasteiger partial charge in [-0.3, -0.25) is 9.59 Å². The Morgan fingerprint density at radius 2 is 2.06 bits per heavy atom. The van der Waals surface area contributed by atoms with Crippen molar-refractivity contribution >= 4 is 11.7 Å². The Morgan fingerprint density at radius 1 is 1.28 bits per heavy atom. The van der Waals surface area contributed by atoms with Gasteiger partial charge in [-0.2, -0.15) is 0 Å². The minimum Gasteiger partial charge on any atom is -0.355 e. The van der Waals surface area contributed by atoms with Gasteiger partial charge in [0.1, 0.15) is 5.78 Å². The molecule has 4 nitrogen and oxygen atoms in total. The average molecular weight is 254 g/mol. The molecule has 18 heavy (non-hydrogen) atoms. The Hall–Kier alpha value is -0.900. The van der Waals surface area contributed by atoms with Gasteiger partial charge in [-0.15, -0.1) is 0 Å². The van der Waals surface area contributed by atoms with Gasteiger partial charge in [0.05, 0.1) is 5.92 Å². The largest absolute Gasteiger partial charge is 0.355 e. The van der Waals surface area contributed by atoms with Gasteiger partial charge in [0.2, 0.25) is 5.91 Å². The molecule has 1 aliphatic rings. The predicted octanol–water partition coefficient (Wildman–Crippen LogP) is 1.59. The summed E-state index contributed by atoms with van der Waals surface area (Å²) in [6, 6.07) is 0. The normalized spacial score (nSPS) is 20.6. The number of hydrogen-bond donors (Lipinski definition) is 1. The quantitative estimate of drug-likeness (QED) is 0.554. The lowest BCUT2D eigenvalue weighted by Crippen LogP contribution is -2.33. The SMILES string of the molecule is CN(C)CCCCCC(=O)C1CCCCNC1=O. The molecule has 1 aliphatic heterocycles. The van der Waals surface area contributed by atoms with Crippen LogP contribution >= 0.6 is 0 Å². The molecule has 1 unspecified atom stereocenters. The van der Waals surface area contributed by atoms with Crippen LogP contribution in [0.4, 0.5) is 0 Å². The van der Waals surface area contributed by atoms with Gasteiger partial charge in [-0.05, 0) is 46.3 Å². The molecule has 0 bridgehead atoms. The lowest BCUT2D eigenvalue weighted by Gasteiger charge is -2.12. The zero-order valence-corrected chi connectivity index (χ0v) is 11.7. The van der Waals surface area contributed by atoms with Crippen LogP contribution in [0.25, 0.3) is 0 Å². The van der Waals surface area contributed by atoms with Crippen LogP contribution in [-0.4, -0.2) is 43.8 Å². The first kappa shape index (κ1) is 15.2. The van der Waals surface area contributed by atoms with Crippen molar-refractivity contribution in [2.75, 3.05) is 27.2 Å². The molecule has 1 fully saturated rings. The minimum absolute atomic E-state index is 0.0502. The van der Waals surface area contributed by atoms with Gasteiger partial charge in [-0.1, -0.05) is 12.8 Å². The summed E-state index contributed by atoms with van der Waals surface area (Å²) in [5, 5.41) is 2.83. The van der Waals surface area contributed by atoms with E-state index in [9.17, 15) is 9.59 Å². The second kappa shape index (κ2) is 8.25. The maximum atomic E-state index is 12.0. The highest BCUT2D eigenvalue weighted by Gasteiger charge is 2.26. The third-order valence-electron chi connectivity index (χ3n) is 3.45. The van der Waals surface area contributed by atoms with Crippen LogP contribution in [0, 0.1) is 5.92 Å². The second-order valence-electron chi connectivity index (χ2n) is 5.42. The number of Topliss-reactive ketones (excluding diaryl/α,β-unsaturated/α-hetero) is 1. The second-order valence-corrected chi connectivity index (χ2v) is 5.42. The van der Waals surface area contributed by atoms with E-state index in [1.54, 1.807) is 0 Å². The molecule has 1 heterocycles. The summed E-state index contributed by atoms with van der Waals surface area (Å²) in [4.78, 5) is 25.8. The molecule has 104 valence electrons. The number of carbonyl (C=O) groups is 2. The highest BCUT2D eigenvalue weighted by molar-refractivity contribution is 6.01. The summed E-state index contributed by atoms with van der Waals surface area (Å²) in [6.45, 7) is 1.80. The van der Waals surface area contributed by atoms with Gasteiger partial charge in [-0.25, -0.2) is 0 Å². The topological polar surface area (TPSA) is 49.4 Å². The van der Waals surface area contributed by atoms with Crippen LogP contribution in [0.2, 0.25) is 0 Å². The molecular formula is C14H26N2O2. The Balaban J connectivity index is 2.20. The van der Waals surface area contributed by atoms with Crippen molar-refractivity contribution in [1.29, 1.82) is 0 Å². The molecule has 0 aliphatic carbocycles. The molecule has 1 atom stereocenters. The molecule has 0 radical (unpaired) electrons. The van der Waals surface area contributed by atoms with Crippen LogP contribution in [0.1, 0.15) is 44.9 Å². The van der Waals surface area contributed by atoms with Crippen LogP contribution < -0.4 is 5.32 Å². The van der Waals surface area contributed by atoms with E-state index in [1.165, 1.54) is 0 Å². The average Bonchev–Trinajstić information content (AvgIpc) is 2.53. The van der Waals surface area contributed by atoms with Crippen LogP contribution in [-0.2, 0) is 9.59 Å². The fourth-order valence-corrected chi connectivity index (χ4v) is 2.32.